The molecule has 2 aromatic rings. The molecule has 0 unspecified atom stereocenters. The summed E-state index contributed by atoms with van der Waals surface area (Å²) in [4.78, 5) is 35.6. The SMILES string of the molecule is COC(=O)[C@H](Cc1cccc(F)c1)NC(=O)CNC(=O)OCc1ccccc1. The Morgan fingerprint density at radius 3 is 2.43 bits per heavy atom. The zero-order valence-corrected chi connectivity index (χ0v) is 15.3. The lowest BCUT2D eigenvalue weighted by atomic mass is 10.1. The van der Waals surface area contributed by atoms with E-state index in [1.54, 1.807) is 18.2 Å². The zero-order chi connectivity index (χ0) is 20.4. The van der Waals surface area contributed by atoms with E-state index in [9.17, 15) is 18.8 Å². The molecule has 2 aromatic carbocycles. The van der Waals surface area contributed by atoms with Crippen molar-refractivity contribution >= 4 is 18.0 Å². The van der Waals surface area contributed by atoms with Crippen molar-refractivity contribution in [3.05, 3.63) is 71.5 Å². The molecule has 0 aliphatic rings. The van der Waals surface area contributed by atoms with Crippen LogP contribution in [0.2, 0.25) is 0 Å². The lowest BCUT2D eigenvalue weighted by Gasteiger charge is -2.17. The first-order valence-electron chi connectivity index (χ1n) is 8.54. The van der Waals surface area contributed by atoms with Gasteiger partial charge in [-0.1, -0.05) is 42.5 Å². The van der Waals surface area contributed by atoms with Crippen LogP contribution in [0.15, 0.2) is 54.6 Å². The number of rotatable bonds is 8. The second kappa shape index (κ2) is 10.7. The molecule has 0 aliphatic carbocycles. The van der Waals surface area contributed by atoms with Gasteiger partial charge in [-0.15, -0.1) is 0 Å². The Balaban J connectivity index is 1.82. The molecule has 0 saturated carbocycles. The number of carbonyl (C=O) groups excluding carboxylic acids is 3. The summed E-state index contributed by atoms with van der Waals surface area (Å²) in [5.74, 6) is -1.73. The smallest absolute Gasteiger partial charge is 0.407 e. The second-order valence-corrected chi connectivity index (χ2v) is 5.89. The van der Waals surface area contributed by atoms with E-state index < -0.39 is 29.8 Å². The summed E-state index contributed by atoms with van der Waals surface area (Å²) in [6.45, 7) is -0.317. The Hall–Kier alpha value is -3.42. The van der Waals surface area contributed by atoms with Gasteiger partial charge in [0.05, 0.1) is 7.11 Å². The van der Waals surface area contributed by atoms with Gasteiger partial charge in [0.25, 0.3) is 0 Å². The molecule has 0 bridgehead atoms. The van der Waals surface area contributed by atoms with Crippen molar-refractivity contribution in [3.8, 4) is 0 Å². The summed E-state index contributed by atoms with van der Waals surface area (Å²) >= 11 is 0. The van der Waals surface area contributed by atoms with Crippen molar-refractivity contribution in [1.29, 1.82) is 0 Å². The fourth-order valence-corrected chi connectivity index (χ4v) is 2.41. The van der Waals surface area contributed by atoms with Crippen LogP contribution in [0, 0.1) is 5.82 Å². The highest BCUT2D eigenvalue weighted by atomic mass is 19.1. The average molecular weight is 388 g/mol. The molecule has 0 saturated heterocycles. The standard InChI is InChI=1S/C20H21FN2O5/c1-27-19(25)17(11-15-8-5-9-16(21)10-15)23-18(24)12-22-20(26)28-13-14-6-3-2-4-7-14/h2-10,17H,11-13H2,1H3,(H,22,26)(H,23,24)/t17-/m0/s1. The maximum absolute atomic E-state index is 13.3. The fraction of sp³-hybridized carbons (Fsp3) is 0.250. The van der Waals surface area contributed by atoms with E-state index in [4.69, 9.17) is 4.74 Å². The van der Waals surface area contributed by atoms with Crippen molar-refractivity contribution in [2.45, 2.75) is 19.1 Å². The van der Waals surface area contributed by atoms with Crippen LogP contribution in [-0.2, 0) is 32.1 Å². The Morgan fingerprint density at radius 1 is 1.04 bits per heavy atom. The van der Waals surface area contributed by atoms with Gasteiger partial charge in [-0.3, -0.25) is 4.79 Å². The van der Waals surface area contributed by atoms with E-state index in [1.165, 1.54) is 25.3 Å². The molecule has 1 atom stereocenters. The fourth-order valence-electron chi connectivity index (χ4n) is 2.41. The van der Waals surface area contributed by atoms with Gasteiger partial charge in [0.2, 0.25) is 5.91 Å². The number of benzene rings is 2. The molecule has 8 heteroatoms. The van der Waals surface area contributed by atoms with Gasteiger partial charge >= 0.3 is 12.1 Å². The summed E-state index contributed by atoms with van der Waals surface area (Å²) in [5, 5.41) is 4.76. The molecule has 7 nitrogen and oxygen atoms in total. The quantitative estimate of drug-likeness (QED) is 0.675. The first-order chi connectivity index (χ1) is 13.5. The predicted octanol–water partition coefficient (Wildman–Crippen LogP) is 1.95. The highest BCUT2D eigenvalue weighted by Gasteiger charge is 2.22. The molecule has 0 aliphatic heterocycles. The molecule has 2 N–H and O–H groups in total. The molecule has 0 fully saturated rings. The van der Waals surface area contributed by atoms with E-state index in [1.807, 2.05) is 18.2 Å². The highest BCUT2D eigenvalue weighted by molar-refractivity contribution is 5.87. The van der Waals surface area contributed by atoms with Crippen LogP contribution < -0.4 is 10.6 Å². The number of halogens is 1. The molecule has 0 aromatic heterocycles. The Bertz CT molecular complexity index is 813. The third kappa shape index (κ3) is 7.06. The van der Waals surface area contributed by atoms with E-state index in [0.29, 0.717) is 5.56 Å². The molecule has 2 amide bonds. The molecule has 0 spiro atoms. The van der Waals surface area contributed by atoms with Crippen LogP contribution in [0.4, 0.5) is 9.18 Å². The summed E-state index contributed by atoms with van der Waals surface area (Å²) in [5.41, 5.74) is 1.33. The van der Waals surface area contributed by atoms with E-state index >= 15 is 0 Å². The van der Waals surface area contributed by atoms with E-state index in [2.05, 4.69) is 15.4 Å². The lowest BCUT2D eigenvalue weighted by Crippen LogP contribution is -2.47. The Kier molecular flexibility index (Phi) is 7.95. The molecule has 0 heterocycles. The Morgan fingerprint density at radius 2 is 1.75 bits per heavy atom. The first-order valence-corrected chi connectivity index (χ1v) is 8.54. The summed E-state index contributed by atoms with van der Waals surface area (Å²) in [7, 11) is 1.19. The van der Waals surface area contributed by atoms with Crippen LogP contribution in [0.3, 0.4) is 0 Å². The number of carbonyl (C=O) groups is 3. The minimum atomic E-state index is -1.01. The zero-order valence-electron chi connectivity index (χ0n) is 15.3. The normalized spacial score (nSPS) is 11.2. The third-order valence-corrected chi connectivity index (χ3v) is 3.76. The number of hydrogen-bond acceptors (Lipinski definition) is 5. The monoisotopic (exact) mass is 388 g/mol. The van der Waals surface area contributed by atoms with Crippen LogP contribution in [0.1, 0.15) is 11.1 Å². The van der Waals surface area contributed by atoms with Crippen molar-refractivity contribution in [2.75, 3.05) is 13.7 Å². The molecule has 2 rings (SSSR count). The van der Waals surface area contributed by atoms with Gasteiger partial charge in [-0.25, -0.2) is 14.0 Å². The predicted molar refractivity (Wildman–Crippen MR) is 98.7 cm³/mol. The molecular weight excluding hydrogens is 367 g/mol. The van der Waals surface area contributed by atoms with Crippen LogP contribution in [0.25, 0.3) is 0 Å². The van der Waals surface area contributed by atoms with Crippen molar-refractivity contribution in [2.24, 2.45) is 0 Å². The lowest BCUT2D eigenvalue weighted by molar-refractivity contribution is -0.144. The van der Waals surface area contributed by atoms with Gasteiger partial charge in [-0.05, 0) is 23.3 Å². The number of hydrogen-bond donors (Lipinski definition) is 2. The minimum absolute atomic E-state index is 0.0502. The molecule has 28 heavy (non-hydrogen) atoms. The van der Waals surface area contributed by atoms with Crippen molar-refractivity contribution < 1.29 is 28.2 Å². The van der Waals surface area contributed by atoms with Crippen LogP contribution >= 0.6 is 0 Å². The molecule has 148 valence electrons. The highest BCUT2D eigenvalue weighted by Crippen LogP contribution is 2.07. The van der Waals surface area contributed by atoms with Gasteiger partial charge < -0.3 is 20.1 Å². The van der Waals surface area contributed by atoms with Crippen LogP contribution in [0.5, 0.6) is 0 Å². The van der Waals surface area contributed by atoms with Gasteiger partial charge in [-0.2, -0.15) is 0 Å². The van der Waals surface area contributed by atoms with Crippen molar-refractivity contribution in [3.63, 3.8) is 0 Å². The maximum atomic E-state index is 13.3. The largest absolute Gasteiger partial charge is 0.467 e. The number of amides is 2. The summed E-state index contributed by atoms with van der Waals surface area (Å²) in [6, 6.07) is 13.7. The first kappa shape index (κ1) is 20.9. The third-order valence-electron chi connectivity index (χ3n) is 3.76. The Labute approximate surface area is 161 Å². The number of alkyl carbamates (subject to hydrolysis) is 1. The second-order valence-electron chi connectivity index (χ2n) is 5.89. The minimum Gasteiger partial charge on any atom is -0.467 e. The average Bonchev–Trinajstić information content (AvgIpc) is 2.70. The van der Waals surface area contributed by atoms with E-state index in [-0.39, 0.29) is 19.6 Å². The topological polar surface area (TPSA) is 93.7 Å². The summed E-state index contributed by atoms with van der Waals surface area (Å²) in [6.07, 6.45) is -0.715. The number of esters is 1. The van der Waals surface area contributed by atoms with Crippen LogP contribution in [-0.4, -0.2) is 37.7 Å². The van der Waals surface area contributed by atoms with Gasteiger partial charge in [0, 0.05) is 6.42 Å². The number of nitrogens with one attached hydrogen (secondary N) is 2. The summed E-state index contributed by atoms with van der Waals surface area (Å²) < 4.78 is 23.0. The van der Waals surface area contributed by atoms with Gasteiger partial charge in [0.15, 0.2) is 0 Å². The number of ether oxygens (including phenoxy) is 2. The molecular formula is C20H21FN2O5. The van der Waals surface area contributed by atoms with Crippen molar-refractivity contribution in [1.82, 2.24) is 10.6 Å². The maximum Gasteiger partial charge on any atom is 0.407 e. The molecule has 0 radical (unpaired) electrons. The van der Waals surface area contributed by atoms with Gasteiger partial charge in [0.1, 0.15) is 25.0 Å². The number of methoxy groups -OCH3 is 1. The van der Waals surface area contributed by atoms with E-state index in [0.717, 1.165) is 5.56 Å².